The second-order valence-corrected chi connectivity index (χ2v) is 6.62. The molecule has 24 heavy (non-hydrogen) atoms. The molecule has 0 fully saturated rings. The third kappa shape index (κ3) is 5.09. The third-order valence-electron chi connectivity index (χ3n) is 3.21. The first-order chi connectivity index (χ1) is 11.3. The van der Waals surface area contributed by atoms with Crippen LogP contribution >= 0.6 is 11.8 Å². The summed E-state index contributed by atoms with van der Waals surface area (Å²) in [5.41, 5.74) is 1.33. The Hall–Kier alpha value is -2.35. The molecule has 0 aliphatic carbocycles. The van der Waals surface area contributed by atoms with Crippen LogP contribution in [-0.2, 0) is 16.6 Å². The number of hydrogen-bond acceptors (Lipinski definition) is 4. The Bertz CT molecular complexity index is 730. The fraction of sp³-hybridized carbons (Fsp3) is 0.312. The average Bonchev–Trinajstić information content (AvgIpc) is 2.84. The highest BCUT2D eigenvalue weighted by molar-refractivity contribution is 8.01. The minimum atomic E-state index is -0.404. The van der Waals surface area contributed by atoms with Gasteiger partial charge in [-0.15, -0.1) is 11.8 Å². The van der Waals surface area contributed by atoms with E-state index in [0.717, 1.165) is 5.69 Å². The van der Waals surface area contributed by atoms with Crippen molar-refractivity contribution in [2.45, 2.75) is 19.1 Å². The van der Waals surface area contributed by atoms with Crippen LogP contribution < -0.4 is 10.6 Å². The van der Waals surface area contributed by atoms with Gasteiger partial charge in [-0.05, 0) is 38.1 Å². The molecule has 1 unspecified atom stereocenters. The normalized spacial score (nSPS) is 11.8. The predicted octanol–water partition coefficient (Wildman–Crippen LogP) is 2.57. The number of carbonyl (C=O) groups excluding carboxylic acids is 2. The predicted molar refractivity (Wildman–Crippen MR) is 93.5 cm³/mol. The number of carbonyl (C=O) groups is 2. The van der Waals surface area contributed by atoms with Crippen molar-refractivity contribution in [2.75, 3.05) is 16.4 Å². The van der Waals surface area contributed by atoms with E-state index in [2.05, 4.69) is 15.7 Å². The Balaban J connectivity index is 1.80. The Morgan fingerprint density at radius 3 is 2.54 bits per heavy atom. The summed E-state index contributed by atoms with van der Waals surface area (Å²) in [5.74, 6) is -0.0740. The number of halogens is 1. The molecule has 2 aromatic rings. The van der Waals surface area contributed by atoms with Gasteiger partial charge in [-0.2, -0.15) is 5.10 Å². The number of benzene rings is 1. The van der Waals surface area contributed by atoms with Gasteiger partial charge in [-0.3, -0.25) is 14.3 Å². The van der Waals surface area contributed by atoms with Crippen molar-refractivity contribution in [1.82, 2.24) is 9.78 Å². The van der Waals surface area contributed by atoms with Crippen molar-refractivity contribution in [3.05, 3.63) is 41.8 Å². The monoisotopic (exact) mass is 350 g/mol. The van der Waals surface area contributed by atoms with Gasteiger partial charge >= 0.3 is 0 Å². The number of hydrogen-bond donors (Lipinski definition) is 2. The van der Waals surface area contributed by atoms with Gasteiger partial charge in [0.15, 0.2) is 0 Å². The molecule has 2 rings (SSSR count). The largest absolute Gasteiger partial charge is 0.325 e. The zero-order chi connectivity index (χ0) is 17.7. The summed E-state index contributed by atoms with van der Waals surface area (Å²) in [7, 11) is 1.75. The maximum atomic E-state index is 12.8. The summed E-state index contributed by atoms with van der Waals surface area (Å²) in [4.78, 5) is 24.0. The van der Waals surface area contributed by atoms with Crippen molar-refractivity contribution in [2.24, 2.45) is 7.05 Å². The van der Waals surface area contributed by atoms with Gasteiger partial charge in [0.1, 0.15) is 11.6 Å². The summed E-state index contributed by atoms with van der Waals surface area (Å²) in [6, 6.07) is 7.29. The molecule has 2 amide bonds. The van der Waals surface area contributed by atoms with Gasteiger partial charge in [0.25, 0.3) is 0 Å². The van der Waals surface area contributed by atoms with Crippen LogP contribution in [-0.4, -0.2) is 32.6 Å². The molecule has 6 nitrogen and oxygen atoms in total. The lowest BCUT2D eigenvalue weighted by Crippen LogP contribution is -2.26. The van der Waals surface area contributed by atoms with E-state index in [0.29, 0.717) is 11.5 Å². The van der Waals surface area contributed by atoms with E-state index in [-0.39, 0.29) is 23.4 Å². The molecule has 0 saturated carbocycles. The summed E-state index contributed by atoms with van der Waals surface area (Å²) in [5, 5.41) is 9.18. The van der Waals surface area contributed by atoms with E-state index in [1.165, 1.54) is 36.0 Å². The number of aromatic nitrogens is 2. The first kappa shape index (κ1) is 18.0. The molecule has 128 valence electrons. The van der Waals surface area contributed by atoms with Crippen LogP contribution in [0.25, 0.3) is 0 Å². The van der Waals surface area contributed by atoms with Crippen LogP contribution in [0, 0.1) is 12.7 Å². The summed E-state index contributed by atoms with van der Waals surface area (Å²) in [6.07, 6.45) is 0. The average molecular weight is 350 g/mol. The maximum absolute atomic E-state index is 12.8. The van der Waals surface area contributed by atoms with Crippen molar-refractivity contribution in [3.8, 4) is 0 Å². The molecule has 1 aromatic carbocycles. The number of aryl methyl sites for hydroxylation is 2. The fourth-order valence-corrected chi connectivity index (χ4v) is 2.65. The second-order valence-electron chi connectivity index (χ2n) is 5.29. The highest BCUT2D eigenvalue weighted by atomic mass is 32.2. The molecule has 0 aliphatic rings. The Morgan fingerprint density at radius 1 is 1.29 bits per heavy atom. The maximum Gasteiger partial charge on any atom is 0.238 e. The summed E-state index contributed by atoms with van der Waals surface area (Å²) < 4.78 is 14.4. The van der Waals surface area contributed by atoms with E-state index in [1.54, 1.807) is 24.7 Å². The van der Waals surface area contributed by atoms with Crippen LogP contribution in [0.15, 0.2) is 30.3 Å². The number of rotatable bonds is 6. The van der Waals surface area contributed by atoms with Gasteiger partial charge in [-0.25, -0.2) is 4.39 Å². The van der Waals surface area contributed by atoms with Crippen molar-refractivity contribution >= 4 is 35.1 Å². The SMILES string of the molecule is Cc1cc(NC(=O)C(C)SCC(=O)Nc2ccc(F)cc2)n(C)n1. The number of thioether (sulfide) groups is 1. The molecule has 1 atom stereocenters. The molecule has 0 aliphatic heterocycles. The Morgan fingerprint density at radius 2 is 1.96 bits per heavy atom. The minimum Gasteiger partial charge on any atom is -0.325 e. The molecular formula is C16H19FN4O2S. The zero-order valence-electron chi connectivity index (χ0n) is 13.7. The van der Waals surface area contributed by atoms with E-state index in [4.69, 9.17) is 0 Å². The molecule has 0 bridgehead atoms. The zero-order valence-corrected chi connectivity index (χ0v) is 14.5. The standard InChI is InChI=1S/C16H19FN4O2S/c1-10-8-14(21(3)20-10)19-16(23)11(2)24-9-15(22)18-13-6-4-12(17)5-7-13/h4-8,11H,9H2,1-3H3,(H,18,22)(H,19,23). The number of nitrogens with one attached hydrogen (secondary N) is 2. The van der Waals surface area contributed by atoms with Gasteiger partial charge in [0.2, 0.25) is 11.8 Å². The first-order valence-electron chi connectivity index (χ1n) is 7.33. The van der Waals surface area contributed by atoms with Gasteiger partial charge in [0.05, 0.1) is 16.7 Å². The van der Waals surface area contributed by atoms with E-state index in [9.17, 15) is 14.0 Å². The molecule has 0 saturated heterocycles. The van der Waals surface area contributed by atoms with Crippen LogP contribution in [0.5, 0.6) is 0 Å². The van der Waals surface area contributed by atoms with Crippen molar-refractivity contribution < 1.29 is 14.0 Å². The van der Waals surface area contributed by atoms with E-state index < -0.39 is 5.25 Å². The topological polar surface area (TPSA) is 76.0 Å². The smallest absolute Gasteiger partial charge is 0.238 e. The first-order valence-corrected chi connectivity index (χ1v) is 8.38. The number of amides is 2. The van der Waals surface area contributed by atoms with Crippen LogP contribution in [0.1, 0.15) is 12.6 Å². The van der Waals surface area contributed by atoms with Gasteiger partial charge in [0, 0.05) is 18.8 Å². The highest BCUT2D eigenvalue weighted by Crippen LogP contribution is 2.16. The van der Waals surface area contributed by atoms with Crippen LogP contribution in [0.3, 0.4) is 0 Å². The molecule has 8 heteroatoms. The number of anilines is 2. The molecule has 1 heterocycles. The molecule has 0 spiro atoms. The van der Waals surface area contributed by atoms with Crippen molar-refractivity contribution in [3.63, 3.8) is 0 Å². The van der Waals surface area contributed by atoms with Crippen molar-refractivity contribution in [1.29, 1.82) is 0 Å². The molecule has 0 radical (unpaired) electrons. The van der Waals surface area contributed by atoms with Crippen LogP contribution in [0.4, 0.5) is 15.9 Å². The van der Waals surface area contributed by atoms with Crippen LogP contribution in [0.2, 0.25) is 0 Å². The fourth-order valence-electron chi connectivity index (χ4n) is 1.96. The minimum absolute atomic E-state index is 0.121. The molecule has 1 aromatic heterocycles. The third-order valence-corrected chi connectivity index (χ3v) is 4.36. The summed E-state index contributed by atoms with van der Waals surface area (Å²) >= 11 is 1.22. The lowest BCUT2D eigenvalue weighted by atomic mass is 10.3. The van der Waals surface area contributed by atoms with E-state index in [1.807, 2.05) is 6.92 Å². The number of nitrogens with zero attached hydrogens (tertiary/aromatic N) is 2. The molecular weight excluding hydrogens is 331 g/mol. The highest BCUT2D eigenvalue weighted by Gasteiger charge is 2.17. The lowest BCUT2D eigenvalue weighted by molar-refractivity contribution is -0.115. The Kier molecular flexibility index (Phi) is 5.97. The summed E-state index contributed by atoms with van der Waals surface area (Å²) in [6.45, 7) is 3.57. The quantitative estimate of drug-likeness (QED) is 0.839. The van der Waals surface area contributed by atoms with E-state index >= 15 is 0 Å². The Labute approximate surface area is 143 Å². The van der Waals surface area contributed by atoms with Gasteiger partial charge < -0.3 is 10.6 Å². The van der Waals surface area contributed by atoms with Gasteiger partial charge in [-0.1, -0.05) is 0 Å². The lowest BCUT2D eigenvalue weighted by Gasteiger charge is -2.12. The molecule has 2 N–H and O–H groups in total. The second kappa shape index (κ2) is 7.96.